The van der Waals surface area contributed by atoms with Crippen molar-refractivity contribution in [2.24, 2.45) is 0 Å². The molecule has 1 aliphatic rings. The van der Waals surface area contributed by atoms with Gasteiger partial charge in [0.05, 0.1) is 42.1 Å². The topological polar surface area (TPSA) is 123 Å². The van der Waals surface area contributed by atoms with Crippen LogP contribution in [0.1, 0.15) is 45.3 Å². The highest BCUT2D eigenvalue weighted by Gasteiger charge is 2.49. The Labute approximate surface area is 221 Å². The second-order valence-electron chi connectivity index (χ2n) is 8.73. The lowest BCUT2D eigenvalue weighted by Crippen LogP contribution is -2.29. The molecule has 0 radical (unpaired) electrons. The van der Waals surface area contributed by atoms with E-state index < -0.39 is 17.7 Å². The fourth-order valence-corrected chi connectivity index (χ4v) is 5.70. The van der Waals surface area contributed by atoms with Crippen molar-refractivity contribution < 1.29 is 29.0 Å². The van der Waals surface area contributed by atoms with Gasteiger partial charge in [-0.05, 0) is 43.7 Å². The molecule has 1 aromatic carbocycles. The Kier molecular flexibility index (Phi) is 6.23. The number of fused-ring (bicyclic) bond motifs is 1. The van der Waals surface area contributed by atoms with Crippen molar-refractivity contribution in [2.45, 2.75) is 26.8 Å². The number of Topliss-reactive ketones (excluding diaryl/α,β-unsaturated/α-hetero) is 2. The minimum Gasteiger partial charge on any atom is -0.505 e. The molecule has 5 rings (SSSR count). The summed E-state index contributed by atoms with van der Waals surface area (Å²) in [6.45, 7) is 4.80. The number of anilines is 1. The first kappa shape index (κ1) is 25.2. The number of carbonyl (C=O) groups excluding carboxylic acids is 3. The van der Waals surface area contributed by atoms with Crippen molar-refractivity contribution in [3.8, 4) is 11.5 Å². The average Bonchev–Trinajstić information content (AvgIpc) is 3.53. The van der Waals surface area contributed by atoms with Gasteiger partial charge >= 0.3 is 5.91 Å². The number of hydrogen-bond acceptors (Lipinski definition) is 9. The van der Waals surface area contributed by atoms with Crippen LogP contribution in [0.2, 0.25) is 0 Å². The van der Waals surface area contributed by atoms with E-state index in [4.69, 9.17) is 9.47 Å². The summed E-state index contributed by atoms with van der Waals surface area (Å²) in [5.41, 5.74) is 2.15. The lowest BCUT2D eigenvalue weighted by atomic mass is 9.96. The predicted octanol–water partition coefficient (Wildman–Crippen LogP) is 4.25. The first-order valence-electron chi connectivity index (χ1n) is 11.6. The summed E-state index contributed by atoms with van der Waals surface area (Å²) in [6, 6.07) is 9.28. The number of nitrogens with zero attached hydrogens (tertiary/aromatic N) is 4. The number of amides is 1. The number of hydrogen-bond donors (Lipinski definition) is 1. The lowest BCUT2D eigenvalue weighted by molar-refractivity contribution is -0.132. The van der Waals surface area contributed by atoms with Gasteiger partial charge in [-0.3, -0.25) is 23.7 Å². The summed E-state index contributed by atoms with van der Waals surface area (Å²) < 4.78 is 12.5. The molecule has 0 spiro atoms. The number of thiazole rings is 1. The van der Waals surface area contributed by atoms with E-state index in [1.807, 2.05) is 6.07 Å². The van der Waals surface area contributed by atoms with Crippen LogP contribution in [0.5, 0.6) is 11.5 Å². The summed E-state index contributed by atoms with van der Waals surface area (Å²) in [5, 5.41) is 11.8. The molecule has 1 N–H and O–H groups in total. The Morgan fingerprint density at radius 3 is 2.42 bits per heavy atom. The molecule has 194 valence electrons. The molecule has 10 nitrogen and oxygen atoms in total. The second kappa shape index (κ2) is 9.42. The highest BCUT2D eigenvalue weighted by atomic mass is 32.1. The quantitative estimate of drug-likeness (QED) is 0.169. The fourth-order valence-electron chi connectivity index (χ4n) is 4.71. The van der Waals surface area contributed by atoms with Gasteiger partial charge < -0.3 is 14.6 Å². The molecule has 1 atom stereocenters. The Morgan fingerprint density at radius 2 is 1.76 bits per heavy atom. The third kappa shape index (κ3) is 3.82. The Hall–Kier alpha value is -4.51. The first-order valence-corrected chi connectivity index (χ1v) is 12.4. The maximum Gasteiger partial charge on any atom is 0.301 e. The zero-order chi connectivity index (χ0) is 27.3. The van der Waals surface area contributed by atoms with E-state index in [0.717, 1.165) is 11.3 Å². The smallest absolute Gasteiger partial charge is 0.301 e. The van der Waals surface area contributed by atoms with Gasteiger partial charge in [0.2, 0.25) is 0 Å². The molecule has 0 aliphatic carbocycles. The van der Waals surface area contributed by atoms with E-state index in [1.165, 1.54) is 26.0 Å². The molecule has 11 heteroatoms. The number of aliphatic hydroxyl groups is 1. The SMILES string of the molecule is COc1ccc(C2/C(=C(\O)c3c(C)nc4ccccn34)C(=O)C(=O)N2c2nc(C)c(C(C)=O)s2)cc1OC. The number of imidazole rings is 1. The minimum atomic E-state index is -1.06. The van der Waals surface area contributed by atoms with E-state index in [0.29, 0.717) is 44.7 Å². The summed E-state index contributed by atoms with van der Waals surface area (Å²) in [4.78, 5) is 49.8. The number of benzene rings is 1. The number of rotatable bonds is 6. The normalized spacial score (nSPS) is 16.9. The van der Waals surface area contributed by atoms with Crippen LogP contribution >= 0.6 is 11.3 Å². The number of carbonyl (C=O) groups is 3. The molecule has 1 fully saturated rings. The van der Waals surface area contributed by atoms with Gasteiger partial charge in [0.15, 0.2) is 28.2 Å². The Bertz CT molecular complexity index is 1670. The molecule has 1 unspecified atom stereocenters. The number of ether oxygens (including phenoxy) is 2. The molecule has 4 heterocycles. The maximum absolute atomic E-state index is 13.6. The molecular formula is C27H24N4O6S. The minimum absolute atomic E-state index is 0.131. The van der Waals surface area contributed by atoms with Gasteiger partial charge in [0.25, 0.3) is 5.78 Å². The van der Waals surface area contributed by atoms with Crippen molar-refractivity contribution >= 4 is 45.3 Å². The number of aliphatic hydroxyl groups excluding tert-OH is 1. The molecule has 1 saturated heterocycles. The molecule has 0 bridgehead atoms. The highest BCUT2D eigenvalue weighted by molar-refractivity contribution is 7.18. The van der Waals surface area contributed by atoms with Crippen molar-refractivity contribution in [3.05, 3.63) is 75.7 Å². The van der Waals surface area contributed by atoms with E-state index in [1.54, 1.807) is 54.8 Å². The maximum atomic E-state index is 13.6. The summed E-state index contributed by atoms with van der Waals surface area (Å²) in [7, 11) is 2.97. The predicted molar refractivity (Wildman–Crippen MR) is 141 cm³/mol. The summed E-state index contributed by atoms with van der Waals surface area (Å²) >= 11 is 1.02. The lowest BCUT2D eigenvalue weighted by Gasteiger charge is -2.23. The number of ketones is 2. The van der Waals surface area contributed by atoms with Crippen LogP contribution in [0.4, 0.5) is 5.13 Å². The second-order valence-corrected chi connectivity index (χ2v) is 9.70. The van der Waals surface area contributed by atoms with E-state index in [-0.39, 0.29) is 22.2 Å². The molecule has 1 amide bonds. The van der Waals surface area contributed by atoms with Gasteiger partial charge in [-0.1, -0.05) is 23.5 Å². The van der Waals surface area contributed by atoms with Crippen LogP contribution in [-0.4, -0.2) is 51.2 Å². The van der Waals surface area contributed by atoms with Gasteiger partial charge in [-0.25, -0.2) is 9.97 Å². The van der Waals surface area contributed by atoms with E-state index in [2.05, 4.69) is 9.97 Å². The van der Waals surface area contributed by atoms with Gasteiger partial charge in [-0.2, -0.15) is 0 Å². The molecule has 38 heavy (non-hydrogen) atoms. The zero-order valence-corrected chi connectivity index (χ0v) is 22.1. The van der Waals surface area contributed by atoms with E-state index >= 15 is 0 Å². The molecule has 3 aromatic heterocycles. The molecule has 0 saturated carbocycles. The van der Waals surface area contributed by atoms with Crippen molar-refractivity contribution in [2.75, 3.05) is 19.1 Å². The molecular weight excluding hydrogens is 508 g/mol. The summed E-state index contributed by atoms with van der Waals surface area (Å²) in [6.07, 6.45) is 1.72. The average molecular weight is 533 g/mol. The monoisotopic (exact) mass is 532 g/mol. The largest absolute Gasteiger partial charge is 0.505 e. The van der Waals surface area contributed by atoms with Crippen LogP contribution in [0.25, 0.3) is 11.4 Å². The van der Waals surface area contributed by atoms with Gasteiger partial charge in [0.1, 0.15) is 11.3 Å². The van der Waals surface area contributed by atoms with Crippen LogP contribution < -0.4 is 14.4 Å². The van der Waals surface area contributed by atoms with Crippen molar-refractivity contribution in [1.82, 2.24) is 14.4 Å². The van der Waals surface area contributed by atoms with Crippen LogP contribution in [-0.2, 0) is 9.59 Å². The van der Waals surface area contributed by atoms with Crippen molar-refractivity contribution in [3.63, 3.8) is 0 Å². The first-order chi connectivity index (χ1) is 18.2. The highest BCUT2D eigenvalue weighted by Crippen LogP contribution is 2.45. The van der Waals surface area contributed by atoms with Crippen molar-refractivity contribution in [1.29, 1.82) is 0 Å². The van der Waals surface area contributed by atoms with E-state index in [9.17, 15) is 19.5 Å². The van der Waals surface area contributed by atoms with Crippen LogP contribution in [0.3, 0.4) is 0 Å². The fraction of sp³-hybridized carbons (Fsp3) is 0.222. The Balaban J connectivity index is 1.80. The van der Waals surface area contributed by atoms with Crippen LogP contribution in [0, 0.1) is 13.8 Å². The Morgan fingerprint density at radius 1 is 1.03 bits per heavy atom. The number of pyridine rings is 1. The third-order valence-electron chi connectivity index (χ3n) is 6.41. The third-order valence-corrected chi connectivity index (χ3v) is 7.66. The number of aryl methyl sites for hydroxylation is 2. The number of aromatic nitrogens is 3. The summed E-state index contributed by atoms with van der Waals surface area (Å²) in [5.74, 6) is -1.50. The molecule has 4 aromatic rings. The molecule has 1 aliphatic heterocycles. The van der Waals surface area contributed by atoms with Gasteiger partial charge in [0, 0.05) is 13.1 Å². The van der Waals surface area contributed by atoms with Gasteiger partial charge in [-0.15, -0.1) is 0 Å². The van der Waals surface area contributed by atoms with Crippen LogP contribution in [0.15, 0.2) is 48.2 Å². The standard InChI is InChI=1S/C27H24N4O6S/c1-13-21(30-11-7-6-8-19(30)28-13)23(33)20-22(16-9-10-17(36-4)18(12-16)37-5)31(26(35)24(20)34)27-29-14(2)25(38-27)15(3)32/h6-12,22,33H,1-5H3/b23-20+. The number of methoxy groups -OCH3 is 2. The zero-order valence-electron chi connectivity index (χ0n) is 21.3.